The topological polar surface area (TPSA) is 280 Å². The highest BCUT2D eigenvalue weighted by molar-refractivity contribution is 7.85. The van der Waals surface area contributed by atoms with Crippen LogP contribution in [0.4, 0.5) is 17.1 Å². The highest BCUT2D eigenvalue weighted by Gasteiger charge is 2.12. The predicted octanol–water partition coefficient (Wildman–Crippen LogP) is -0.503. The first-order valence-electron chi connectivity index (χ1n) is 12.3. The summed E-state index contributed by atoms with van der Waals surface area (Å²) in [7, 11) is -8.35. The molecule has 0 saturated heterocycles. The molecule has 2 aromatic carbocycles. The number of carbonyl (C=O) groups excluding carboxylic acids is 2. The van der Waals surface area contributed by atoms with Gasteiger partial charge in [0.15, 0.2) is 0 Å². The summed E-state index contributed by atoms with van der Waals surface area (Å²) in [5, 5.41) is 7.62. The summed E-state index contributed by atoms with van der Waals surface area (Å²) in [6.45, 7) is 3.06. The molecule has 0 bridgehead atoms. The fraction of sp³-hybridized carbons (Fsp3) is 0.154. The van der Waals surface area contributed by atoms with Crippen molar-refractivity contribution in [3.05, 3.63) is 81.4 Å². The van der Waals surface area contributed by atoms with E-state index in [9.17, 15) is 31.2 Å². The van der Waals surface area contributed by atoms with Crippen LogP contribution in [0.2, 0.25) is 0 Å². The molecule has 236 valence electrons. The van der Waals surface area contributed by atoms with Gasteiger partial charge in [-0.1, -0.05) is 12.2 Å². The monoisotopic (exact) mass is 649 g/mol. The Bertz CT molecular complexity index is 1940. The Kier molecular flexibility index (Phi) is 12.3. The van der Waals surface area contributed by atoms with Crippen LogP contribution in [0.5, 0.6) is 0 Å². The number of fused-ring (bicyclic) bond motifs is 1. The van der Waals surface area contributed by atoms with E-state index in [0.717, 1.165) is 6.21 Å². The van der Waals surface area contributed by atoms with Crippen molar-refractivity contribution in [3.8, 4) is 0 Å². The molecule has 0 fully saturated rings. The maximum atomic E-state index is 12.1. The quantitative estimate of drug-likeness (QED) is 0.0696. The molecule has 1 heterocycles. The Morgan fingerprint density at radius 3 is 2.16 bits per heavy atom. The maximum Gasteiger partial charge on any atom is 0.323 e. The zero-order chi connectivity index (χ0) is 33.1. The molecule has 1 amide bonds. The molecule has 18 heteroatoms. The second-order valence-corrected chi connectivity index (χ2v) is 12.0. The Balaban J connectivity index is 0.000000371. The van der Waals surface area contributed by atoms with Gasteiger partial charge in [-0.25, -0.2) is 4.79 Å². The van der Waals surface area contributed by atoms with Crippen molar-refractivity contribution >= 4 is 67.4 Å². The number of rotatable bonds is 7. The Morgan fingerprint density at radius 1 is 0.977 bits per heavy atom. The van der Waals surface area contributed by atoms with Gasteiger partial charge in [0.1, 0.15) is 17.8 Å². The van der Waals surface area contributed by atoms with Crippen LogP contribution in [0, 0.1) is 0 Å². The molecule has 0 saturated carbocycles. The number of anilines is 3. The highest BCUT2D eigenvalue weighted by atomic mass is 32.2. The van der Waals surface area contributed by atoms with E-state index in [4.69, 9.17) is 20.6 Å². The average Bonchev–Trinajstić information content (AvgIpc) is 3.12. The third-order valence-electron chi connectivity index (χ3n) is 5.04. The van der Waals surface area contributed by atoms with Crippen LogP contribution in [-0.4, -0.2) is 59.9 Å². The summed E-state index contributed by atoms with van der Waals surface area (Å²) in [5.74, 6) is -1.02. The lowest BCUT2D eigenvalue weighted by atomic mass is 10.2. The minimum absolute atomic E-state index is 0.147. The largest absolute Gasteiger partial charge is 0.399 e. The van der Waals surface area contributed by atoms with Gasteiger partial charge >= 0.3 is 5.69 Å². The number of allylic oxidation sites excluding steroid dienone is 1. The summed E-state index contributed by atoms with van der Waals surface area (Å²) < 4.78 is 60.7. The molecule has 1 unspecified atom stereocenters. The van der Waals surface area contributed by atoms with E-state index < -0.39 is 37.9 Å². The number of Topliss-reactive ketones (excluding diaryl/α,β-unsaturated/α-hetero) is 1. The molecule has 1 aromatic heterocycles. The Labute approximate surface area is 251 Å². The standard InChI is InChI=1S/C17H18N6O5S.C6H7NO3S.C3H6O/c18-11-4-5-13(10(6-11)9-29(26,27)28)23-19-8-16(24)20-12-2-1-3-14-15(7-12)22-17(25)21-14;7-5-1-3-6(4-2-5)11(8,9)10;1-3(2)4/h1-8,12,23H,9,18H2,(H,20,24)(H2,21,22,25)(H,26,27,28);1-4H,7H2,(H,8,9,10);1-2H3/b19-8+;;. The van der Waals surface area contributed by atoms with Crippen LogP contribution >= 0.6 is 0 Å². The van der Waals surface area contributed by atoms with Crippen molar-refractivity contribution in [3.63, 3.8) is 0 Å². The number of amides is 1. The Hall–Kier alpha value is -5.04. The van der Waals surface area contributed by atoms with Gasteiger partial charge in [0.2, 0.25) is 0 Å². The number of nitrogens with zero attached hydrogens (tertiary/aromatic N) is 1. The lowest BCUT2D eigenvalue weighted by Gasteiger charge is -2.09. The van der Waals surface area contributed by atoms with Crippen molar-refractivity contribution in [1.29, 1.82) is 0 Å². The molecule has 4 rings (SSSR count). The van der Waals surface area contributed by atoms with E-state index in [0.29, 0.717) is 22.1 Å². The molecule has 44 heavy (non-hydrogen) atoms. The molecule has 3 aromatic rings. The molecule has 1 atom stereocenters. The number of H-pyrrole nitrogens is 2. The number of aromatic amines is 2. The van der Waals surface area contributed by atoms with E-state index in [1.54, 1.807) is 24.3 Å². The molecule has 0 aliphatic heterocycles. The molecule has 10 N–H and O–H groups in total. The highest BCUT2D eigenvalue weighted by Crippen LogP contribution is 2.21. The number of hydrogen-bond donors (Lipinski definition) is 8. The van der Waals surface area contributed by atoms with Gasteiger partial charge in [-0.3, -0.25) is 19.3 Å². The van der Waals surface area contributed by atoms with Crippen molar-refractivity contribution < 1.29 is 35.5 Å². The lowest BCUT2D eigenvalue weighted by molar-refractivity contribution is -0.115. The fourth-order valence-electron chi connectivity index (χ4n) is 3.31. The molecular weight excluding hydrogens is 618 g/mol. The number of nitrogens with two attached hydrogens (primary N) is 2. The van der Waals surface area contributed by atoms with Crippen molar-refractivity contribution in [2.24, 2.45) is 5.10 Å². The minimum Gasteiger partial charge on any atom is -0.399 e. The number of ketones is 1. The molecule has 1 aliphatic rings. The molecule has 0 spiro atoms. The van der Waals surface area contributed by atoms with Crippen molar-refractivity contribution in [2.45, 2.75) is 30.5 Å². The smallest absolute Gasteiger partial charge is 0.323 e. The summed E-state index contributed by atoms with van der Waals surface area (Å²) in [6, 6.07) is 9.18. The third-order valence-corrected chi connectivity index (χ3v) is 6.58. The number of nitrogen functional groups attached to an aromatic ring is 2. The minimum atomic E-state index is -4.27. The van der Waals surface area contributed by atoms with E-state index in [1.165, 1.54) is 56.3 Å². The molecule has 0 radical (unpaired) electrons. The van der Waals surface area contributed by atoms with Gasteiger partial charge in [-0.2, -0.15) is 21.9 Å². The summed E-state index contributed by atoms with van der Waals surface area (Å²) in [6.07, 6.45) is 7.75. The number of nitrogens with one attached hydrogen (secondary N) is 4. The summed E-state index contributed by atoms with van der Waals surface area (Å²) in [4.78, 5) is 38.0. The number of aromatic nitrogens is 2. The van der Waals surface area contributed by atoms with Crippen LogP contribution in [0.25, 0.3) is 12.2 Å². The van der Waals surface area contributed by atoms with Crippen LogP contribution < -0.4 is 38.6 Å². The van der Waals surface area contributed by atoms with Crippen LogP contribution in [0.15, 0.2) is 69.4 Å². The third kappa shape index (κ3) is 12.9. The predicted molar refractivity (Wildman–Crippen MR) is 166 cm³/mol. The molecule has 16 nitrogen and oxygen atoms in total. The first-order valence-corrected chi connectivity index (χ1v) is 15.4. The second-order valence-electron chi connectivity index (χ2n) is 9.12. The van der Waals surface area contributed by atoms with E-state index in [-0.39, 0.29) is 27.6 Å². The summed E-state index contributed by atoms with van der Waals surface area (Å²) in [5.41, 5.74) is 14.4. The van der Waals surface area contributed by atoms with Crippen molar-refractivity contribution in [1.82, 2.24) is 15.3 Å². The summed E-state index contributed by atoms with van der Waals surface area (Å²) >= 11 is 0. The fourth-order valence-corrected chi connectivity index (χ4v) is 4.42. The lowest BCUT2D eigenvalue weighted by Crippen LogP contribution is -2.35. The van der Waals surface area contributed by atoms with Crippen LogP contribution in [-0.2, 0) is 35.6 Å². The average molecular weight is 650 g/mol. The normalized spacial score (nSPS) is 13.9. The van der Waals surface area contributed by atoms with Crippen molar-refractivity contribution in [2.75, 3.05) is 16.9 Å². The first-order chi connectivity index (χ1) is 20.4. The number of imidazole rings is 1. The van der Waals surface area contributed by atoms with E-state index in [1.807, 2.05) is 0 Å². The van der Waals surface area contributed by atoms with E-state index >= 15 is 0 Å². The van der Waals surface area contributed by atoms with Gasteiger partial charge < -0.3 is 31.5 Å². The van der Waals surface area contributed by atoms with Gasteiger partial charge in [0, 0.05) is 11.4 Å². The number of carbonyl (C=O) groups is 2. The van der Waals surface area contributed by atoms with Gasteiger partial charge in [0.05, 0.1) is 27.3 Å². The number of benzene rings is 2. The number of hydrazone groups is 1. The zero-order valence-electron chi connectivity index (χ0n) is 23.4. The zero-order valence-corrected chi connectivity index (χ0v) is 25.0. The second kappa shape index (κ2) is 15.4. The maximum absolute atomic E-state index is 12.1. The van der Waals surface area contributed by atoms with Gasteiger partial charge in [-0.05, 0) is 74.0 Å². The van der Waals surface area contributed by atoms with Gasteiger partial charge in [0.25, 0.3) is 26.1 Å². The van der Waals surface area contributed by atoms with Crippen LogP contribution in [0.3, 0.4) is 0 Å². The Morgan fingerprint density at radius 2 is 1.57 bits per heavy atom. The van der Waals surface area contributed by atoms with E-state index in [2.05, 4.69) is 25.8 Å². The van der Waals surface area contributed by atoms with Gasteiger partial charge in [-0.15, -0.1) is 0 Å². The first kappa shape index (κ1) is 35.2. The molecular formula is C26H31N7O9S2. The SMILES string of the molecule is CC(C)=O.Nc1ccc(N/N=C/C(=O)NC2C=CC=c3[nH]c(=O)[nH]c3=C2)c(CS(=O)(=O)O)c1.Nc1ccc(S(=O)(=O)O)cc1. The number of hydrogen-bond acceptors (Lipinski definition) is 11. The molecule has 1 aliphatic carbocycles. The van der Waals surface area contributed by atoms with Crippen LogP contribution in [0.1, 0.15) is 19.4 Å².